The molecule has 5 nitrogen and oxygen atoms in total. The average molecular weight is 326 g/mol. The lowest BCUT2D eigenvalue weighted by atomic mass is 10.0. The van der Waals surface area contributed by atoms with Gasteiger partial charge in [-0.15, -0.1) is 0 Å². The van der Waals surface area contributed by atoms with Gasteiger partial charge in [0, 0.05) is 44.8 Å². The first-order valence-electron chi connectivity index (χ1n) is 9.39. The van der Waals surface area contributed by atoms with Crippen molar-refractivity contribution >= 4 is 5.96 Å². The van der Waals surface area contributed by atoms with Crippen LogP contribution in [0.1, 0.15) is 47.5 Å². The van der Waals surface area contributed by atoms with Crippen molar-refractivity contribution in [1.82, 2.24) is 20.4 Å². The third kappa shape index (κ3) is 8.56. The molecule has 0 aromatic heterocycles. The predicted octanol–water partition coefficient (Wildman–Crippen LogP) is 2.00. The van der Waals surface area contributed by atoms with E-state index in [1.807, 2.05) is 0 Å². The highest BCUT2D eigenvalue weighted by molar-refractivity contribution is 5.80. The van der Waals surface area contributed by atoms with Gasteiger partial charge in [0.15, 0.2) is 5.96 Å². The lowest BCUT2D eigenvalue weighted by molar-refractivity contribution is 0.122. The lowest BCUT2D eigenvalue weighted by Gasteiger charge is -2.36. The molecular formula is C18H39N5. The molecule has 2 N–H and O–H groups in total. The summed E-state index contributed by atoms with van der Waals surface area (Å²) < 4.78 is 0. The standard InChI is InChI=1S/C18H39N5/c1-7-19-18(21-16(4)9-8-15(2)3)20-14-17(5)23-12-10-22(6)11-13-23/h15-17H,7-14H2,1-6H3,(H2,19,20,21). The molecule has 1 rings (SSSR count). The number of aliphatic imine (C=N–C) groups is 1. The number of hydrogen-bond acceptors (Lipinski definition) is 3. The molecule has 1 saturated heterocycles. The fourth-order valence-electron chi connectivity index (χ4n) is 2.81. The van der Waals surface area contributed by atoms with Crippen LogP contribution in [0.2, 0.25) is 0 Å². The molecule has 23 heavy (non-hydrogen) atoms. The van der Waals surface area contributed by atoms with Crippen LogP contribution in [0.5, 0.6) is 0 Å². The monoisotopic (exact) mass is 325 g/mol. The molecule has 1 fully saturated rings. The van der Waals surface area contributed by atoms with Gasteiger partial charge in [0.1, 0.15) is 0 Å². The van der Waals surface area contributed by atoms with E-state index in [1.54, 1.807) is 0 Å². The van der Waals surface area contributed by atoms with Gasteiger partial charge in [0.05, 0.1) is 6.54 Å². The number of piperazine rings is 1. The van der Waals surface area contributed by atoms with Crippen molar-refractivity contribution in [3.63, 3.8) is 0 Å². The van der Waals surface area contributed by atoms with Crippen LogP contribution in [-0.4, -0.2) is 74.2 Å². The van der Waals surface area contributed by atoms with Gasteiger partial charge in [-0.3, -0.25) is 9.89 Å². The summed E-state index contributed by atoms with van der Waals surface area (Å²) in [6.45, 7) is 17.6. The molecule has 2 atom stereocenters. The number of nitrogens with one attached hydrogen (secondary N) is 2. The van der Waals surface area contributed by atoms with Crippen molar-refractivity contribution in [3.05, 3.63) is 0 Å². The molecule has 2 unspecified atom stereocenters. The number of rotatable bonds is 8. The molecule has 0 saturated carbocycles. The molecule has 0 aromatic rings. The molecule has 5 heteroatoms. The highest BCUT2D eigenvalue weighted by atomic mass is 15.3. The van der Waals surface area contributed by atoms with Crippen LogP contribution in [0.4, 0.5) is 0 Å². The Morgan fingerprint density at radius 2 is 1.70 bits per heavy atom. The molecule has 0 bridgehead atoms. The highest BCUT2D eigenvalue weighted by Crippen LogP contribution is 2.07. The Labute approximate surface area is 143 Å². The molecule has 0 spiro atoms. The smallest absolute Gasteiger partial charge is 0.191 e. The maximum absolute atomic E-state index is 4.81. The van der Waals surface area contributed by atoms with E-state index in [4.69, 9.17) is 4.99 Å². The summed E-state index contributed by atoms with van der Waals surface area (Å²) in [5, 5.41) is 6.93. The largest absolute Gasteiger partial charge is 0.357 e. The molecule has 0 aromatic carbocycles. The first kappa shape index (κ1) is 20.2. The molecule has 0 radical (unpaired) electrons. The molecule has 1 aliphatic heterocycles. The summed E-state index contributed by atoms with van der Waals surface area (Å²) in [7, 11) is 2.20. The number of nitrogens with zero attached hydrogens (tertiary/aromatic N) is 3. The molecule has 1 aliphatic rings. The van der Waals surface area contributed by atoms with E-state index in [0.717, 1.165) is 38.1 Å². The number of hydrogen-bond donors (Lipinski definition) is 2. The third-order valence-corrected chi connectivity index (χ3v) is 4.58. The van der Waals surface area contributed by atoms with Crippen LogP contribution in [0.3, 0.4) is 0 Å². The van der Waals surface area contributed by atoms with E-state index in [-0.39, 0.29) is 0 Å². The van der Waals surface area contributed by atoms with Crippen LogP contribution in [0.25, 0.3) is 0 Å². The van der Waals surface area contributed by atoms with Gasteiger partial charge in [-0.05, 0) is 46.6 Å². The topological polar surface area (TPSA) is 42.9 Å². The Bertz CT molecular complexity index is 334. The zero-order chi connectivity index (χ0) is 17.2. The van der Waals surface area contributed by atoms with Gasteiger partial charge in [0.2, 0.25) is 0 Å². The van der Waals surface area contributed by atoms with Crippen LogP contribution in [0.15, 0.2) is 4.99 Å². The summed E-state index contributed by atoms with van der Waals surface area (Å²) in [5.74, 6) is 1.72. The normalized spacial score (nSPS) is 20.6. The van der Waals surface area contributed by atoms with E-state index >= 15 is 0 Å². The van der Waals surface area contributed by atoms with E-state index in [9.17, 15) is 0 Å². The van der Waals surface area contributed by atoms with Crippen LogP contribution in [0, 0.1) is 5.92 Å². The van der Waals surface area contributed by atoms with E-state index < -0.39 is 0 Å². The van der Waals surface area contributed by atoms with Crippen LogP contribution >= 0.6 is 0 Å². The summed E-state index contributed by atoms with van der Waals surface area (Å²) in [5.41, 5.74) is 0. The molecule has 1 heterocycles. The summed E-state index contributed by atoms with van der Waals surface area (Å²) in [6, 6.07) is 0.972. The maximum atomic E-state index is 4.81. The van der Waals surface area contributed by atoms with Crippen LogP contribution in [-0.2, 0) is 0 Å². The van der Waals surface area contributed by atoms with Crippen molar-refractivity contribution in [2.24, 2.45) is 10.9 Å². The Morgan fingerprint density at radius 3 is 2.26 bits per heavy atom. The summed E-state index contributed by atoms with van der Waals surface area (Å²) in [6.07, 6.45) is 2.45. The van der Waals surface area contributed by atoms with Gasteiger partial charge in [0.25, 0.3) is 0 Å². The lowest BCUT2D eigenvalue weighted by Crippen LogP contribution is -2.49. The molecule has 0 aliphatic carbocycles. The minimum absolute atomic E-state index is 0.467. The van der Waals surface area contributed by atoms with E-state index in [1.165, 1.54) is 25.9 Å². The van der Waals surface area contributed by atoms with Crippen molar-refractivity contribution in [2.75, 3.05) is 46.3 Å². The molecule has 136 valence electrons. The van der Waals surface area contributed by atoms with Gasteiger partial charge in [-0.25, -0.2) is 0 Å². The Hall–Kier alpha value is -0.810. The maximum Gasteiger partial charge on any atom is 0.191 e. The fraction of sp³-hybridized carbons (Fsp3) is 0.944. The highest BCUT2D eigenvalue weighted by Gasteiger charge is 2.18. The second-order valence-corrected chi connectivity index (χ2v) is 7.42. The van der Waals surface area contributed by atoms with Crippen molar-refractivity contribution < 1.29 is 0 Å². The third-order valence-electron chi connectivity index (χ3n) is 4.58. The number of likely N-dealkylation sites (N-methyl/N-ethyl adjacent to an activating group) is 1. The second kappa shape index (κ2) is 10.9. The fourth-order valence-corrected chi connectivity index (χ4v) is 2.81. The predicted molar refractivity (Wildman–Crippen MR) is 101 cm³/mol. The van der Waals surface area contributed by atoms with E-state index in [2.05, 4.69) is 62.1 Å². The summed E-state index contributed by atoms with van der Waals surface area (Å²) in [4.78, 5) is 9.76. The molecular weight excluding hydrogens is 286 g/mol. The Morgan fingerprint density at radius 1 is 1.04 bits per heavy atom. The number of guanidine groups is 1. The zero-order valence-electron chi connectivity index (χ0n) is 16.2. The van der Waals surface area contributed by atoms with Gasteiger partial charge in [-0.1, -0.05) is 13.8 Å². The molecule has 0 amide bonds. The van der Waals surface area contributed by atoms with Crippen molar-refractivity contribution in [1.29, 1.82) is 0 Å². The zero-order valence-corrected chi connectivity index (χ0v) is 16.2. The Balaban J connectivity index is 2.43. The van der Waals surface area contributed by atoms with E-state index in [0.29, 0.717) is 12.1 Å². The SMILES string of the molecule is CCNC(=NCC(C)N1CCN(C)CC1)NC(C)CCC(C)C. The van der Waals surface area contributed by atoms with Gasteiger partial charge >= 0.3 is 0 Å². The first-order chi connectivity index (χ1) is 10.9. The van der Waals surface area contributed by atoms with Gasteiger partial charge in [-0.2, -0.15) is 0 Å². The first-order valence-corrected chi connectivity index (χ1v) is 9.39. The second-order valence-electron chi connectivity index (χ2n) is 7.42. The van der Waals surface area contributed by atoms with Crippen molar-refractivity contribution in [3.8, 4) is 0 Å². The van der Waals surface area contributed by atoms with Gasteiger partial charge < -0.3 is 15.5 Å². The minimum atomic E-state index is 0.467. The quantitative estimate of drug-likeness (QED) is 0.529. The average Bonchev–Trinajstić information content (AvgIpc) is 2.51. The summed E-state index contributed by atoms with van der Waals surface area (Å²) >= 11 is 0. The Kier molecular flexibility index (Phi) is 9.56. The van der Waals surface area contributed by atoms with Crippen molar-refractivity contribution in [2.45, 2.75) is 59.5 Å². The minimum Gasteiger partial charge on any atom is -0.357 e. The van der Waals surface area contributed by atoms with Crippen LogP contribution < -0.4 is 10.6 Å².